The SMILES string of the molecule is Nc1ncc(C(F)F)c(C(=O)O)c1N. The molecule has 0 fully saturated rings. The Hall–Kier alpha value is -1.92. The number of nitrogens with two attached hydrogens (primary N) is 2. The summed E-state index contributed by atoms with van der Waals surface area (Å²) in [5.74, 6) is -1.82. The molecular weight excluding hydrogens is 196 g/mol. The number of halogens is 2. The number of aromatic nitrogens is 1. The van der Waals surface area contributed by atoms with E-state index >= 15 is 0 Å². The number of alkyl halides is 2. The first-order chi connectivity index (χ1) is 6.45. The Morgan fingerprint density at radius 3 is 2.50 bits per heavy atom. The smallest absolute Gasteiger partial charge is 0.338 e. The van der Waals surface area contributed by atoms with E-state index in [9.17, 15) is 13.6 Å². The molecule has 0 unspecified atom stereocenters. The van der Waals surface area contributed by atoms with Crippen molar-refractivity contribution >= 4 is 17.5 Å². The van der Waals surface area contributed by atoms with Crippen LogP contribution in [-0.2, 0) is 0 Å². The first-order valence-electron chi connectivity index (χ1n) is 3.50. The number of hydrogen-bond donors (Lipinski definition) is 3. The summed E-state index contributed by atoms with van der Waals surface area (Å²) in [5, 5.41) is 8.62. The van der Waals surface area contributed by atoms with Crippen LogP contribution >= 0.6 is 0 Å². The average molecular weight is 203 g/mol. The Bertz CT molecular complexity index is 381. The maximum absolute atomic E-state index is 12.3. The summed E-state index contributed by atoms with van der Waals surface area (Å²) in [4.78, 5) is 14.0. The molecule has 1 rings (SSSR count). The molecule has 1 heterocycles. The van der Waals surface area contributed by atoms with Crippen molar-refractivity contribution in [2.75, 3.05) is 11.5 Å². The van der Waals surface area contributed by atoms with Gasteiger partial charge in [-0.1, -0.05) is 0 Å². The molecule has 1 aromatic heterocycles. The zero-order valence-corrected chi connectivity index (χ0v) is 6.87. The topological polar surface area (TPSA) is 102 Å². The molecule has 0 aliphatic rings. The maximum atomic E-state index is 12.3. The fourth-order valence-corrected chi connectivity index (χ4v) is 0.961. The van der Waals surface area contributed by atoms with Gasteiger partial charge in [0.15, 0.2) is 0 Å². The van der Waals surface area contributed by atoms with E-state index in [-0.39, 0.29) is 5.82 Å². The lowest BCUT2D eigenvalue weighted by Gasteiger charge is -2.08. The number of carboxylic acid groups (broad SMARTS) is 1. The number of hydrogen-bond acceptors (Lipinski definition) is 4. The highest BCUT2D eigenvalue weighted by atomic mass is 19.3. The molecule has 1 aromatic rings. The van der Waals surface area contributed by atoms with Gasteiger partial charge in [0, 0.05) is 6.20 Å². The summed E-state index contributed by atoms with van der Waals surface area (Å²) < 4.78 is 24.6. The number of carbonyl (C=O) groups is 1. The van der Waals surface area contributed by atoms with E-state index in [1.165, 1.54) is 0 Å². The van der Waals surface area contributed by atoms with Crippen molar-refractivity contribution < 1.29 is 18.7 Å². The number of anilines is 2. The van der Waals surface area contributed by atoms with E-state index in [0.717, 1.165) is 0 Å². The van der Waals surface area contributed by atoms with Gasteiger partial charge in [0.25, 0.3) is 6.43 Å². The van der Waals surface area contributed by atoms with E-state index in [1.807, 2.05) is 0 Å². The number of pyridine rings is 1. The first-order valence-corrected chi connectivity index (χ1v) is 3.50. The highest BCUT2D eigenvalue weighted by molar-refractivity contribution is 5.97. The minimum absolute atomic E-state index is 0.271. The van der Waals surface area contributed by atoms with Crippen molar-refractivity contribution in [1.29, 1.82) is 0 Å². The van der Waals surface area contributed by atoms with Gasteiger partial charge in [0.1, 0.15) is 5.82 Å². The van der Waals surface area contributed by atoms with Crippen molar-refractivity contribution in [3.63, 3.8) is 0 Å². The second kappa shape index (κ2) is 3.44. The van der Waals surface area contributed by atoms with Crippen LogP contribution in [0, 0.1) is 0 Å². The molecule has 0 saturated carbocycles. The van der Waals surface area contributed by atoms with Gasteiger partial charge in [-0.3, -0.25) is 0 Å². The molecule has 7 heteroatoms. The summed E-state index contributed by atoms with van der Waals surface area (Å²) in [6.07, 6.45) is -2.24. The van der Waals surface area contributed by atoms with Crippen LogP contribution in [-0.4, -0.2) is 16.1 Å². The lowest BCUT2D eigenvalue weighted by molar-refractivity contribution is 0.0685. The van der Waals surface area contributed by atoms with Crippen LogP contribution < -0.4 is 11.5 Å². The minimum Gasteiger partial charge on any atom is -0.478 e. The van der Waals surface area contributed by atoms with Crippen molar-refractivity contribution in [3.8, 4) is 0 Å². The number of nitrogens with zero attached hydrogens (tertiary/aromatic N) is 1. The van der Waals surface area contributed by atoms with Crippen LogP contribution in [0.15, 0.2) is 6.20 Å². The molecule has 0 saturated heterocycles. The summed E-state index contributed by atoms with van der Waals surface area (Å²) in [6.45, 7) is 0. The van der Waals surface area contributed by atoms with Crippen LogP contribution in [0.25, 0.3) is 0 Å². The fourth-order valence-electron chi connectivity index (χ4n) is 0.961. The van der Waals surface area contributed by atoms with E-state index < -0.39 is 29.2 Å². The lowest BCUT2D eigenvalue weighted by atomic mass is 10.1. The second-order valence-corrected chi connectivity index (χ2v) is 2.49. The Kier molecular flexibility index (Phi) is 2.50. The molecule has 0 aromatic carbocycles. The van der Waals surface area contributed by atoms with Crippen molar-refractivity contribution in [1.82, 2.24) is 4.98 Å². The fraction of sp³-hybridized carbons (Fsp3) is 0.143. The third-order valence-corrected chi connectivity index (χ3v) is 1.63. The summed E-state index contributed by atoms with van der Waals surface area (Å²) in [5.41, 5.74) is 8.55. The maximum Gasteiger partial charge on any atom is 0.338 e. The Morgan fingerprint density at radius 2 is 2.07 bits per heavy atom. The molecule has 5 N–H and O–H groups in total. The third-order valence-electron chi connectivity index (χ3n) is 1.63. The van der Waals surface area contributed by atoms with Gasteiger partial charge >= 0.3 is 5.97 Å². The normalized spacial score (nSPS) is 10.5. The Balaban J connectivity index is 3.45. The summed E-state index contributed by atoms with van der Waals surface area (Å²) >= 11 is 0. The van der Waals surface area contributed by atoms with Crippen molar-refractivity contribution in [3.05, 3.63) is 17.3 Å². The quantitative estimate of drug-likeness (QED) is 0.662. The molecule has 14 heavy (non-hydrogen) atoms. The zero-order valence-electron chi connectivity index (χ0n) is 6.87. The second-order valence-electron chi connectivity index (χ2n) is 2.49. The van der Waals surface area contributed by atoms with Gasteiger partial charge < -0.3 is 16.6 Å². The molecule has 5 nitrogen and oxygen atoms in total. The van der Waals surface area contributed by atoms with Crippen LogP contribution in [0.1, 0.15) is 22.3 Å². The van der Waals surface area contributed by atoms with Gasteiger partial charge in [-0.2, -0.15) is 0 Å². The van der Waals surface area contributed by atoms with Gasteiger partial charge in [-0.05, 0) is 0 Å². The number of nitrogen functional groups attached to an aromatic ring is 2. The molecule has 0 radical (unpaired) electrons. The number of carboxylic acids is 1. The number of rotatable bonds is 2. The van der Waals surface area contributed by atoms with Crippen LogP contribution in [0.3, 0.4) is 0 Å². The van der Waals surface area contributed by atoms with Crippen molar-refractivity contribution in [2.45, 2.75) is 6.43 Å². The van der Waals surface area contributed by atoms with E-state index in [0.29, 0.717) is 6.20 Å². The highest BCUT2D eigenvalue weighted by Gasteiger charge is 2.22. The Morgan fingerprint density at radius 1 is 1.50 bits per heavy atom. The third kappa shape index (κ3) is 1.56. The first kappa shape index (κ1) is 10.2. The molecule has 0 spiro atoms. The van der Waals surface area contributed by atoms with Gasteiger partial charge in [-0.25, -0.2) is 18.6 Å². The molecule has 76 valence electrons. The average Bonchev–Trinajstić information content (AvgIpc) is 2.08. The number of aromatic carboxylic acids is 1. The molecular formula is C7H7F2N3O2. The van der Waals surface area contributed by atoms with Crippen LogP contribution in [0.2, 0.25) is 0 Å². The van der Waals surface area contributed by atoms with Crippen LogP contribution in [0.4, 0.5) is 20.3 Å². The van der Waals surface area contributed by atoms with Gasteiger partial charge in [0.05, 0.1) is 16.8 Å². The van der Waals surface area contributed by atoms with E-state index in [4.69, 9.17) is 16.6 Å². The van der Waals surface area contributed by atoms with Gasteiger partial charge in [0.2, 0.25) is 0 Å². The van der Waals surface area contributed by atoms with E-state index in [1.54, 1.807) is 0 Å². The lowest BCUT2D eigenvalue weighted by Crippen LogP contribution is -2.11. The minimum atomic E-state index is -2.95. The van der Waals surface area contributed by atoms with Crippen LogP contribution in [0.5, 0.6) is 0 Å². The Labute approximate surface area is 77.3 Å². The molecule has 0 atom stereocenters. The predicted octanol–water partition coefficient (Wildman–Crippen LogP) is 0.882. The van der Waals surface area contributed by atoms with E-state index in [2.05, 4.69) is 4.98 Å². The monoisotopic (exact) mass is 203 g/mol. The molecule has 0 bridgehead atoms. The summed E-state index contributed by atoms with van der Waals surface area (Å²) in [6, 6.07) is 0. The van der Waals surface area contributed by atoms with Gasteiger partial charge in [-0.15, -0.1) is 0 Å². The summed E-state index contributed by atoms with van der Waals surface area (Å²) in [7, 11) is 0. The predicted molar refractivity (Wildman–Crippen MR) is 45.0 cm³/mol. The van der Waals surface area contributed by atoms with Crippen molar-refractivity contribution in [2.24, 2.45) is 0 Å². The molecule has 0 amide bonds. The standard InChI is InChI=1S/C7H7F2N3O2/c8-5(9)2-1-12-6(11)4(10)3(2)7(13)14/h1,5H,10H2,(H2,11,12)(H,13,14). The highest BCUT2D eigenvalue weighted by Crippen LogP contribution is 2.28. The largest absolute Gasteiger partial charge is 0.478 e. The zero-order chi connectivity index (χ0) is 10.9. The molecule has 0 aliphatic heterocycles. The molecule has 0 aliphatic carbocycles.